The van der Waals surface area contributed by atoms with Crippen molar-refractivity contribution in [2.45, 2.75) is 32.8 Å². The summed E-state index contributed by atoms with van der Waals surface area (Å²) in [6.07, 6.45) is 1.90. The zero-order valence-corrected chi connectivity index (χ0v) is 12.3. The van der Waals surface area contributed by atoms with Gasteiger partial charge in [0, 0.05) is 11.6 Å². The monoisotopic (exact) mass is 285 g/mol. The van der Waals surface area contributed by atoms with Crippen LogP contribution in [0.25, 0.3) is 0 Å². The van der Waals surface area contributed by atoms with Crippen molar-refractivity contribution in [1.82, 2.24) is 0 Å². The summed E-state index contributed by atoms with van der Waals surface area (Å²) in [6, 6.07) is 5.89. The summed E-state index contributed by atoms with van der Waals surface area (Å²) < 4.78 is 5.39. The second-order valence-electron chi connectivity index (χ2n) is 6.66. The number of rotatable bonds is 2. The molecule has 1 saturated heterocycles. The summed E-state index contributed by atoms with van der Waals surface area (Å²) in [5, 5.41) is 3.03. The molecule has 1 N–H and O–H groups in total. The van der Waals surface area contributed by atoms with Gasteiger partial charge in [-0.25, -0.2) is 0 Å². The molecule has 0 aromatic heterocycles. The van der Waals surface area contributed by atoms with Crippen LogP contribution in [0.4, 0.5) is 5.69 Å². The van der Waals surface area contributed by atoms with E-state index in [1.54, 1.807) is 0 Å². The van der Waals surface area contributed by atoms with Crippen molar-refractivity contribution in [3.05, 3.63) is 29.3 Å². The number of hydrogen-bond donors (Lipinski definition) is 1. The fourth-order valence-corrected chi connectivity index (χ4v) is 4.47. The van der Waals surface area contributed by atoms with Crippen molar-refractivity contribution >= 4 is 17.6 Å². The van der Waals surface area contributed by atoms with E-state index in [0.717, 1.165) is 29.7 Å². The Hall–Kier alpha value is -1.84. The molecule has 0 spiro atoms. The maximum atomic E-state index is 12.7. The van der Waals surface area contributed by atoms with Crippen LogP contribution in [-0.2, 0) is 14.3 Å². The van der Waals surface area contributed by atoms with Crippen molar-refractivity contribution in [1.29, 1.82) is 0 Å². The van der Waals surface area contributed by atoms with E-state index >= 15 is 0 Å². The Morgan fingerprint density at radius 1 is 1.29 bits per heavy atom. The number of anilines is 1. The zero-order chi connectivity index (χ0) is 14.7. The number of aryl methyl sites for hydroxylation is 1. The maximum Gasteiger partial charge on any atom is 0.310 e. The standard InChI is InChI=1S/C17H19NO3/c1-8-4-3-5-12(9(8)2)18-16(19)14-10-6-11-13(7-10)21-17(20)15(11)14/h3-5,10-11,13-15H,6-7H2,1-2H3,(H,18,19)/t10-,11-,13-,14-,15+/m1/s1. The molecule has 4 heteroatoms. The van der Waals surface area contributed by atoms with E-state index in [1.165, 1.54) is 0 Å². The lowest BCUT2D eigenvalue weighted by molar-refractivity contribution is -0.145. The topological polar surface area (TPSA) is 55.4 Å². The molecule has 2 saturated carbocycles. The van der Waals surface area contributed by atoms with E-state index in [9.17, 15) is 9.59 Å². The molecule has 0 unspecified atom stereocenters. The van der Waals surface area contributed by atoms with Crippen LogP contribution in [0, 0.1) is 37.5 Å². The minimum absolute atomic E-state index is 0.0153. The number of fused-ring (bicyclic) bond motifs is 1. The second kappa shape index (κ2) is 4.33. The molecule has 0 radical (unpaired) electrons. The Bertz CT molecular complexity index is 637. The van der Waals surface area contributed by atoms with E-state index in [0.29, 0.717) is 5.92 Å². The van der Waals surface area contributed by atoms with E-state index in [-0.39, 0.29) is 35.7 Å². The van der Waals surface area contributed by atoms with Gasteiger partial charge in [-0.3, -0.25) is 9.59 Å². The van der Waals surface area contributed by atoms with Gasteiger partial charge in [-0.05, 0) is 49.8 Å². The number of nitrogens with one attached hydrogen (secondary N) is 1. The quantitative estimate of drug-likeness (QED) is 0.849. The van der Waals surface area contributed by atoms with Crippen molar-refractivity contribution in [2.75, 3.05) is 5.32 Å². The molecule has 1 amide bonds. The SMILES string of the molecule is Cc1cccc(NC(=O)[C@@H]2[C@@H]3C[C@H]4[C@@H]2C(=O)O[C@@H]4C3)c1C. The molecule has 1 heterocycles. The number of carbonyl (C=O) groups is 2. The summed E-state index contributed by atoms with van der Waals surface area (Å²) in [4.78, 5) is 24.7. The first-order chi connectivity index (χ1) is 10.1. The Balaban J connectivity index is 1.59. The molecular formula is C17H19NO3. The Morgan fingerprint density at radius 2 is 2.10 bits per heavy atom. The van der Waals surface area contributed by atoms with E-state index in [4.69, 9.17) is 4.74 Å². The first-order valence-corrected chi connectivity index (χ1v) is 7.64. The van der Waals surface area contributed by atoms with Crippen LogP contribution < -0.4 is 5.32 Å². The fourth-order valence-electron chi connectivity index (χ4n) is 4.47. The molecule has 1 aliphatic heterocycles. The van der Waals surface area contributed by atoms with Gasteiger partial charge in [0.25, 0.3) is 0 Å². The average molecular weight is 285 g/mol. The van der Waals surface area contributed by atoms with Crippen LogP contribution in [0.5, 0.6) is 0 Å². The van der Waals surface area contributed by atoms with Gasteiger partial charge in [0.15, 0.2) is 0 Å². The van der Waals surface area contributed by atoms with Crippen LogP contribution in [0.2, 0.25) is 0 Å². The van der Waals surface area contributed by atoms with E-state index < -0.39 is 0 Å². The smallest absolute Gasteiger partial charge is 0.310 e. The molecule has 21 heavy (non-hydrogen) atoms. The first-order valence-electron chi connectivity index (χ1n) is 7.64. The summed E-state index contributed by atoms with van der Waals surface area (Å²) in [7, 11) is 0. The number of benzene rings is 1. The first kappa shape index (κ1) is 12.9. The molecule has 5 atom stereocenters. The molecule has 2 bridgehead atoms. The highest BCUT2D eigenvalue weighted by molar-refractivity contribution is 5.97. The third-order valence-corrected chi connectivity index (χ3v) is 5.65. The lowest BCUT2D eigenvalue weighted by atomic mass is 9.79. The van der Waals surface area contributed by atoms with Crippen molar-refractivity contribution in [3.63, 3.8) is 0 Å². The minimum atomic E-state index is -0.209. The normalized spacial score (nSPS) is 35.9. The Labute approximate surface area is 123 Å². The van der Waals surface area contributed by atoms with Crippen LogP contribution in [0.1, 0.15) is 24.0 Å². The summed E-state index contributed by atoms with van der Waals surface area (Å²) in [5.74, 6) is -0.0111. The third-order valence-electron chi connectivity index (χ3n) is 5.65. The minimum Gasteiger partial charge on any atom is -0.462 e. The van der Waals surface area contributed by atoms with Gasteiger partial charge in [0.1, 0.15) is 6.10 Å². The summed E-state index contributed by atoms with van der Waals surface area (Å²) >= 11 is 0. The summed E-state index contributed by atoms with van der Waals surface area (Å²) in [6.45, 7) is 4.03. The predicted molar refractivity (Wildman–Crippen MR) is 77.6 cm³/mol. The maximum absolute atomic E-state index is 12.7. The van der Waals surface area contributed by atoms with Gasteiger partial charge in [0.05, 0.1) is 11.8 Å². The average Bonchev–Trinajstić information content (AvgIpc) is 3.05. The zero-order valence-electron chi connectivity index (χ0n) is 12.3. The lowest BCUT2D eigenvalue weighted by Gasteiger charge is -2.24. The largest absolute Gasteiger partial charge is 0.462 e. The van der Waals surface area contributed by atoms with Crippen molar-refractivity contribution in [2.24, 2.45) is 23.7 Å². The predicted octanol–water partition coefficient (Wildman–Crippen LogP) is 2.44. The molecule has 3 fully saturated rings. The summed E-state index contributed by atoms with van der Waals surface area (Å²) in [5.41, 5.74) is 3.09. The van der Waals surface area contributed by atoms with Crippen LogP contribution >= 0.6 is 0 Å². The highest BCUT2D eigenvalue weighted by Crippen LogP contribution is 2.57. The van der Waals surface area contributed by atoms with Gasteiger partial charge in [0.2, 0.25) is 5.91 Å². The molecule has 1 aromatic rings. The molecule has 110 valence electrons. The Kier molecular flexibility index (Phi) is 2.65. The highest BCUT2D eigenvalue weighted by Gasteiger charge is 2.63. The van der Waals surface area contributed by atoms with Crippen LogP contribution in [-0.4, -0.2) is 18.0 Å². The molecule has 2 aliphatic carbocycles. The van der Waals surface area contributed by atoms with Gasteiger partial charge in [-0.15, -0.1) is 0 Å². The van der Waals surface area contributed by atoms with Crippen LogP contribution in [0.3, 0.4) is 0 Å². The number of carbonyl (C=O) groups excluding carboxylic acids is 2. The second-order valence-corrected chi connectivity index (χ2v) is 6.66. The molecule has 4 rings (SSSR count). The van der Waals surface area contributed by atoms with Gasteiger partial charge in [-0.1, -0.05) is 12.1 Å². The number of esters is 1. The molecule has 4 nitrogen and oxygen atoms in total. The number of hydrogen-bond acceptors (Lipinski definition) is 3. The van der Waals surface area contributed by atoms with Gasteiger partial charge in [-0.2, -0.15) is 0 Å². The highest BCUT2D eigenvalue weighted by atomic mass is 16.6. The molecule has 3 aliphatic rings. The third kappa shape index (κ3) is 1.74. The molecular weight excluding hydrogens is 266 g/mol. The van der Waals surface area contributed by atoms with Gasteiger partial charge >= 0.3 is 5.97 Å². The van der Waals surface area contributed by atoms with Crippen molar-refractivity contribution in [3.8, 4) is 0 Å². The molecule has 1 aromatic carbocycles. The number of ether oxygens (including phenoxy) is 1. The lowest BCUT2D eigenvalue weighted by Crippen LogP contribution is -2.36. The van der Waals surface area contributed by atoms with Gasteiger partial charge < -0.3 is 10.1 Å². The Morgan fingerprint density at radius 3 is 2.90 bits per heavy atom. The van der Waals surface area contributed by atoms with Crippen LogP contribution in [0.15, 0.2) is 18.2 Å². The van der Waals surface area contributed by atoms with E-state index in [2.05, 4.69) is 5.32 Å². The fraction of sp³-hybridized carbons (Fsp3) is 0.529. The number of amides is 1. The van der Waals surface area contributed by atoms with E-state index in [1.807, 2.05) is 32.0 Å². The van der Waals surface area contributed by atoms with Crippen molar-refractivity contribution < 1.29 is 14.3 Å².